The van der Waals surface area contributed by atoms with Gasteiger partial charge in [-0.2, -0.15) is 0 Å². The largest absolute Gasteiger partial charge is 0.481 e. The number of unbranched alkanes of at least 4 members (excludes halogenated alkanes) is 1. The molecule has 0 amide bonds. The Labute approximate surface area is 121 Å². The van der Waals surface area contributed by atoms with E-state index in [-0.39, 0.29) is 26.1 Å². The second-order valence-electron chi connectivity index (χ2n) is 3.56. The number of aliphatic hydroxyl groups is 3. The van der Waals surface area contributed by atoms with Crippen molar-refractivity contribution in [2.75, 3.05) is 13.2 Å². The van der Waals surface area contributed by atoms with E-state index in [0.29, 0.717) is 12.8 Å². The highest BCUT2D eigenvalue weighted by molar-refractivity contribution is 5.78. The first-order valence-corrected chi connectivity index (χ1v) is 5.89. The molecule has 6 N–H and O–H groups in total. The first kappa shape index (κ1) is 24.1. The first-order chi connectivity index (χ1) is 9.70. The Morgan fingerprint density at radius 2 is 1.19 bits per heavy atom. The monoisotopic (exact) mass is 310 g/mol. The number of carbonyl (C=O) groups is 3. The van der Waals surface area contributed by atoms with Gasteiger partial charge in [-0.05, 0) is 12.8 Å². The van der Waals surface area contributed by atoms with Crippen molar-refractivity contribution in [2.24, 2.45) is 0 Å². The molecular weight excluding hydrogens is 288 g/mol. The maximum Gasteiger partial charge on any atom is 0.327 e. The van der Waals surface area contributed by atoms with Gasteiger partial charge in [-0.15, -0.1) is 0 Å². The van der Waals surface area contributed by atoms with Crippen LogP contribution in [0.1, 0.15) is 25.7 Å². The summed E-state index contributed by atoms with van der Waals surface area (Å²) in [5, 5.41) is 47.9. The molecule has 0 heterocycles. The maximum absolute atomic E-state index is 9.90. The van der Waals surface area contributed by atoms with Crippen LogP contribution in [0, 0.1) is 0 Å². The van der Waals surface area contributed by atoms with Crippen molar-refractivity contribution in [3.05, 3.63) is 12.7 Å². The van der Waals surface area contributed by atoms with Crippen molar-refractivity contribution in [1.82, 2.24) is 0 Å². The topological polar surface area (TPSA) is 173 Å². The van der Waals surface area contributed by atoms with Crippen LogP contribution < -0.4 is 0 Å². The van der Waals surface area contributed by atoms with Crippen molar-refractivity contribution in [1.29, 1.82) is 0 Å². The molecule has 0 bridgehead atoms. The Kier molecular flexibility index (Phi) is 20.7. The van der Waals surface area contributed by atoms with Gasteiger partial charge in [-0.3, -0.25) is 9.59 Å². The number of carboxylic acids is 3. The summed E-state index contributed by atoms with van der Waals surface area (Å²) in [6.07, 6.45) is 0.897. The lowest BCUT2D eigenvalue weighted by Gasteiger charge is -1.96. The summed E-state index contributed by atoms with van der Waals surface area (Å²) >= 11 is 0. The SMILES string of the molecule is C=CC(=O)O.O=C(O)CCCCC(=O)O.OCC(O)CO. The minimum Gasteiger partial charge on any atom is -0.481 e. The Balaban J connectivity index is -0.000000252. The van der Waals surface area contributed by atoms with Gasteiger partial charge in [0.25, 0.3) is 0 Å². The van der Waals surface area contributed by atoms with E-state index >= 15 is 0 Å². The van der Waals surface area contributed by atoms with E-state index in [0.717, 1.165) is 6.08 Å². The van der Waals surface area contributed by atoms with E-state index in [1.807, 2.05) is 0 Å². The van der Waals surface area contributed by atoms with Crippen LogP contribution in [0.5, 0.6) is 0 Å². The molecule has 0 aliphatic carbocycles. The lowest BCUT2D eigenvalue weighted by Crippen LogP contribution is -2.15. The zero-order valence-electron chi connectivity index (χ0n) is 11.5. The van der Waals surface area contributed by atoms with Gasteiger partial charge < -0.3 is 30.6 Å². The van der Waals surface area contributed by atoms with Gasteiger partial charge in [-0.25, -0.2) is 4.79 Å². The maximum atomic E-state index is 9.90. The van der Waals surface area contributed by atoms with Gasteiger partial charge in [0.05, 0.1) is 13.2 Å². The average Bonchev–Trinajstić information content (AvgIpc) is 2.43. The minimum absolute atomic E-state index is 0.0628. The molecule has 0 spiro atoms. The molecule has 0 saturated carbocycles. The molecule has 124 valence electrons. The van der Waals surface area contributed by atoms with Gasteiger partial charge in [0.2, 0.25) is 0 Å². The highest BCUT2D eigenvalue weighted by Crippen LogP contribution is 1.98. The molecule has 0 aliphatic heterocycles. The Morgan fingerprint density at radius 1 is 0.905 bits per heavy atom. The first-order valence-electron chi connectivity index (χ1n) is 5.89. The van der Waals surface area contributed by atoms with E-state index < -0.39 is 24.0 Å². The summed E-state index contributed by atoms with van der Waals surface area (Å²) in [6, 6.07) is 0. The molecule has 21 heavy (non-hydrogen) atoms. The molecule has 0 aromatic carbocycles. The lowest BCUT2D eigenvalue weighted by molar-refractivity contribution is -0.139. The van der Waals surface area contributed by atoms with Crippen LogP contribution in [-0.2, 0) is 14.4 Å². The van der Waals surface area contributed by atoms with Crippen molar-refractivity contribution < 1.29 is 45.0 Å². The lowest BCUT2D eigenvalue weighted by atomic mass is 10.2. The van der Waals surface area contributed by atoms with Gasteiger partial charge in [0.1, 0.15) is 6.10 Å². The van der Waals surface area contributed by atoms with Crippen molar-refractivity contribution in [2.45, 2.75) is 31.8 Å². The standard InChI is InChI=1S/C6H10O4.C3H8O3.C3H4O2/c7-5(8)3-1-2-4-6(9)10;4-1-3(6)2-5;1-2-3(4)5/h1-4H2,(H,7,8)(H,9,10);3-6H,1-2H2;2H,1H2,(H,4,5). The highest BCUT2D eigenvalue weighted by atomic mass is 16.4. The average molecular weight is 310 g/mol. The number of aliphatic hydroxyl groups excluding tert-OH is 3. The fourth-order valence-corrected chi connectivity index (χ4v) is 0.610. The van der Waals surface area contributed by atoms with Gasteiger partial charge in [0, 0.05) is 18.9 Å². The number of hydrogen-bond acceptors (Lipinski definition) is 6. The van der Waals surface area contributed by atoms with Crippen LogP contribution in [0.3, 0.4) is 0 Å². The van der Waals surface area contributed by atoms with Crippen molar-refractivity contribution >= 4 is 17.9 Å². The molecule has 0 saturated heterocycles. The summed E-state index contributed by atoms with van der Waals surface area (Å²) in [5.74, 6) is -2.72. The van der Waals surface area contributed by atoms with Crippen LogP contribution in [0.15, 0.2) is 12.7 Å². The fraction of sp³-hybridized carbons (Fsp3) is 0.583. The van der Waals surface area contributed by atoms with Crippen molar-refractivity contribution in [3.8, 4) is 0 Å². The zero-order valence-corrected chi connectivity index (χ0v) is 11.5. The highest BCUT2D eigenvalue weighted by Gasteiger charge is 1.99. The Hall–Kier alpha value is -1.97. The van der Waals surface area contributed by atoms with E-state index in [1.54, 1.807) is 0 Å². The minimum atomic E-state index is -0.981. The van der Waals surface area contributed by atoms with Gasteiger partial charge in [-0.1, -0.05) is 6.58 Å². The van der Waals surface area contributed by atoms with Crippen LogP contribution in [0.2, 0.25) is 0 Å². The van der Waals surface area contributed by atoms with E-state index in [4.69, 9.17) is 30.6 Å². The second kappa shape index (κ2) is 18.0. The van der Waals surface area contributed by atoms with Crippen LogP contribution in [-0.4, -0.2) is 67.9 Å². The second-order valence-corrected chi connectivity index (χ2v) is 3.56. The van der Waals surface area contributed by atoms with E-state index in [9.17, 15) is 14.4 Å². The van der Waals surface area contributed by atoms with E-state index in [2.05, 4.69) is 6.58 Å². The molecule has 0 rings (SSSR count). The fourth-order valence-electron chi connectivity index (χ4n) is 0.610. The molecule has 0 unspecified atom stereocenters. The summed E-state index contributed by atoms with van der Waals surface area (Å²) in [7, 11) is 0. The van der Waals surface area contributed by atoms with Gasteiger partial charge in [0.15, 0.2) is 0 Å². The molecule has 0 radical (unpaired) electrons. The number of carboxylic acid groups (broad SMARTS) is 3. The quantitative estimate of drug-likeness (QED) is 0.250. The van der Waals surface area contributed by atoms with Crippen LogP contribution in [0.4, 0.5) is 0 Å². The van der Waals surface area contributed by atoms with E-state index in [1.165, 1.54) is 0 Å². The molecule has 0 aliphatic rings. The normalized spacial score (nSPS) is 8.76. The number of hydrogen-bond donors (Lipinski definition) is 6. The molecule has 9 nitrogen and oxygen atoms in total. The Bertz CT molecular complexity index is 281. The molecule has 0 atom stereocenters. The van der Waals surface area contributed by atoms with Crippen LogP contribution >= 0.6 is 0 Å². The molecule has 0 aromatic rings. The number of aliphatic carboxylic acids is 3. The van der Waals surface area contributed by atoms with Gasteiger partial charge >= 0.3 is 17.9 Å². The smallest absolute Gasteiger partial charge is 0.327 e. The van der Waals surface area contributed by atoms with Crippen LogP contribution in [0.25, 0.3) is 0 Å². The van der Waals surface area contributed by atoms with Crippen molar-refractivity contribution in [3.63, 3.8) is 0 Å². The summed E-state index contributed by atoms with van der Waals surface area (Å²) < 4.78 is 0. The third kappa shape index (κ3) is 38.1. The molecule has 9 heteroatoms. The predicted octanol–water partition coefficient (Wildman–Crippen LogP) is -0.695. The molecule has 0 aromatic heterocycles. The Morgan fingerprint density at radius 3 is 1.29 bits per heavy atom. The summed E-state index contributed by atoms with van der Waals surface area (Å²) in [4.78, 5) is 29.0. The predicted molar refractivity (Wildman–Crippen MR) is 71.8 cm³/mol. The zero-order chi connectivity index (χ0) is 17.3. The summed E-state index contributed by atoms with van der Waals surface area (Å²) in [6.45, 7) is 2.23. The summed E-state index contributed by atoms with van der Waals surface area (Å²) in [5.41, 5.74) is 0. The molecule has 0 fully saturated rings. The molecular formula is C12H22O9. The third-order valence-corrected chi connectivity index (χ3v) is 1.63. The number of rotatable bonds is 8. The third-order valence-electron chi connectivity index (χ3n) is 1.63.